The molecule has 3 aliphatic rings. The largest absolute Gasteiger partial charge is 0.374 e. The van der Waals surface area contributed by atoms with Crippen molar-refractivity contribution in [3.63, 3.8) is 0 Å². The highest BCUT2D eigenvalue weighted by molar-refractivity contribution is 7.09. The summed E-state index contributed by atoms with van der Waals surface area (Å²) in [7, 11) is 0. The summed E-state index contributed by atoms with van der Waals surface area (Å²) in [5.41, 5.74) is 0. The van der Waals surface area contributed by atoms with E-state index in [0.717, 1.165) is 50.4 Å². The van der Waals surface area contributed by atoms with E-state index in [2.05, 4.69) is 34.7 Å². The molecule has 5 heteroatoms. The van der Waals surface area contributed by atoms with Gasteiger partial charge in [-0.05, 0) is 31.2 Å². The molecule has 1 aromatic heterocycles. The summed E-state index contributed by atoms with van der Waals surface area (Å²) in [6.45, 7) is 6.21. The number of likely N-dealkylation sites (tertiary alicyclic amines) is 1. The normalized spacial score (nSPS) is 33.5. The van der Waals surface area contributed by atoms with Gasteiger partial charge in [-0.1, -0.05) is 6.07 Å². The van der Waals surface area contributed by atoms with Gasteiger partial charge in [0.2, 0.25) is 0 Å². The second kappa shape index (κ2) is 6.20. The van der Waals surface area contributed by atoms with E-state index in [1.807, 2.05) is 11.3 Å². The highest BCUT2D eigenvalue weighted by Gasteiger charge is 2.53. The van der Waals surface area contributed by atoms with Crippen LogP contribution in [0.4, 0.5) is 0 Å². The maximum atomic E-state index is 6.07. The molecule has 22 heavy (non-hydrogen) atoms. The third kappa shape index (κ3) is 2.65. The third-order valence-corrected chi connectivity index (χ3v) is 6.22. The van der Waals surface area contributed by atoms with Crippen molar-refractivity contribution in [3.8, 4) is 0 Å². The molecule has 3 aliphatic heterocycles. The first-order valence-electron chi connectivity index (χ1n) is 8.56. The lowest BCUT2D eigenvalue weighted by molar-refractivity contribution is 0.0767. The van der Waals surface area contributed by atoms with Crippen LogP contribution in [0.1, 0.15) is 24.6 Å². The first-order valence-corrected chi connectivity index (χ1v) is 9.44. The van der Waals surface area contributed by atoms with Crippen molar-refractivity contribution in [2.24, 2.45) is 16.8 Å². The molecule has 4 nitrogen and oxygen atoms in total. The van der Waals surface area contributed by atoms with E-state index in [1.54, 1.807) is 0 Å². The molecule has 0 radical (unpaired) electrons. The van der Waals surface area contributed by atoms with E-state index >= 15 is 0 Å². The summed E-state index contributed by atoms with van der Waals surface area (Å²) >= 11 is 1.82. The summed E-state index contributed by atoms with van der Waals surface area (Å²) in [4.78, 5) is 8.76. The van der Waals surface area contributed by atoms with Crippen LogP contribution in [-0.2, 0) is 11.2 Å². The predicted molar refractivity (Wildman–Crippen MR) is 90.4 cm³/mol. The van der Waals surface area contributed by atoms with Gasteiger partial charge in [-0.25, -0.2) is 0 Å². The van der Waals surface area contributed by atoms with Crippen LogP contribution >= 0.6 is 11.3 Å². The summed E-state index contributed by atoms with van der Waals surface area (Å²) in [5, 5.41) is 5.62. The molecule has 0 aromatic carbocycles. The monoisotopic (exact) mass is 319 g/mol. The lowest BCUT2D eigenvalue weighted by Gasteiger charge is -2.23. The smallest absolute Gasteiger partial charge is 0.193 e. The lowest BCUT2D eigenvalue weighted by atomic mass is 9.82. The second-order valence-electron chi connectivity index (χ2n) is 6.59. The Kier molecular flexibility index (Phi) is 4.09. The molecular formula is C17H25N3OS. The molecule has 0 amide bonds. The molecule has 0 aliphatic carbocycles. The van der Waals surface area contributed by atoms with Crippen LogP contribution in [0.25, 0.3) is 0 Å². The molecule has 4 heterocycles. The van der Waals surface area contributed by atoms with Crippen molar-refractivity contribution in [2.75, 3.05) is 26.2 Å². The SMILES string of the molecule is CCNC(=NCCc1cccs1)N1CC2C3CCC(O3)C2C1. The van der Waals surface area contributed by atoms with Gasteiger partial charge < -0.3 is 15.0 Å². The quantitative estimate of drug-likeness (QED) is 0.684. The van der Waals surface area contributed by atoms with Gasteiger partial charge in [0.05, 0.1) is 12.2 Å². The minimum atomic E-state index is 0.522. The molecule has 3 fully saturated rings. The van der Waals surface area contributed by atoms with Crippen LogP contribution in [0.3, 0.4) is 0 Å². The fraction of sp³-hybridized carbons (Fsp3) is 0.706. The number of ether oxygens (including phenoxy) is 1. The third-order valence-electron chi connectivity index (χ3n) is 5.29. The van der Waals surface area contributed by atoms with Crippen LogP contribution in [0.5, 0.6) is 0 Å². The van der Waals surface area contributed by atoms with Crippen LogP contribution < -0.4 is 5.32 Å². The summed E-state index contributed by atoms with van der Waals surface area (Å²) in [6, 6.07) is 4.31. The number of hydrogen-bond acceptors (Lipinski definition) is 3. The minimum Gasteiger partial charge on any atom is -0.374 e. The Hall–Kier alpha value is -1.07. The fourth-order valence-electron chi connectivity index (χ4n) is 4.29. The van der Waals surface area contributed by atoms with Gasteiger partial charge in [-0.3, -0.25) is 4.99 Å². The Morgan fingerprint density at radius 1 is 1.36 bits per heavy atom. The zero-order valence-corrected chi connectivity index (χ0v) is 14.0. The van der Waals surface area contributed by atoms with Gasteiger partial charge in [0.15, 0.2) is 5.96 Å². The number of aliphatic imine (C=N–C) groups is 1. The lowest BCUT2D eigenvalue weighted by Crippen LogP contribution is -2.41. The number of nitrogens with one attached hydrogen (secondary N) is 1. The maximum absolute atomic E-state index is 6.07. The first kappa shape index (κ1) is 14.5. The molecule has 1 aromatic rings. The van der Waals surface area contributed by atoms with Crippen molar-refractivity contribution in [3.05, 3.63) is 22.4 Å². The molecule has 0 saturated carbocycles. The van der Waals surface area contributed by atoms with Gasteiger partial charge in [0.1, 0.15) is 0 Å². The summed E-state index contributed by atoms with van der Waals surface area (Å²) in [5.74, 6) is 2.58. The van der Waals surface area contributed by atoms with Crippen molar-refractivity contribution in [1.82, 2.24) is 10.2 Å². The molecule has 3 saturated heterocycles. The Labute approximate surface area is 136 Å². The number of fused-ring (bicyclic) bond motifs is 5. The van der Waals surface area contributed by atoms with Gasteiger partial charge in [0, 0.05) is 49.3 Å². The number of nitrogens with zero attached hydrogens (tertiary/aromatic N) is 2. The maximum Gasteiger partial charge on any atom is 0.193 e. The standard InChI is InChI=1S/C17H25N3OS/c1-2-18-17(19-8-7-12-4-3-9-22-12)20-10-13-14(11-20)16-6-5-15(13)21-16/h3-4,9,13-16H,2,5-8,10-11H2,1H3,(H,18,19). The van der Waals surface area contributed by atoms with E-state index in [0.29, 0.717) is 12.2 Å². The Bertz CT molecular complexity index is 512. The highest BCUT2D eigenvalue weighted by Crippen LogP contribution is 2.47. The second-order valence-corrected chi connectivity index (χ2v) is 7.62. The van der Waals surface area contributed by atoms with E-state index in [1.165, 1.54) is 17.7 Å². The van der Waals surface area contributed by atoms with Crippen LogP contribution in [-0.4, -0.2) is 49.2 Å². The topological polar surface area (TPSA) is 36.9 Å². The molecule has 4 atom stereocenters. The van der Waals surface area contributed by atoms with Crippen LogP contribution in [0, 0.1) is 11.8 Å². The first-order chi connectivity index (χ1) is 10.8. The zero-order chi connectivity index (χ0) is 14.9. The molecule has 0 spiro atoms. The summed E-state index contributed by atoms with van der Waals surface area (Å²) in [6.07, 6.45) is 4.63. The molecule has 120 valence electrons. The average Bonchev–Trinajstić information content (AvgIpc) is 3.27. The van der Waals surface area contributed by atoms with Gasteiger partial charge in [0.25, 0.3) is 0 Å². The number of rotatable bonds is 4. The van der Waals surface area contributed by atoms with Crippen LogP contribution in [0.15, 0.2) is 22.5 Å². The Morgan fingerprint density at radius 2 is 2.14 bits per heavy atom. The number of hydrogen-bond donors (Lipinski definition) is 1. The van der Waals surface area contributed by atoms with Crippen molar-refractivity contribution < 1.29 is 4.74 Å². The van der Waals surface area contributed by atoms with Gasteiger partial charge in [-0.15, -0.1) is 11.3 Å². The zero-order valence-electron chi connectivity index (χ0n) is 13.2. The highest BCUT2D eigenvalue weighted by atomic mass is 32.1. The number of thiophene rings is 1. The molecule has 1 N–H and O–H groups in total. The van der Waals surface area contributed by atoms with E-state index < -0.39 is 0 Å². The van der Waals surface area contributed by atoms with Crippen molar-refractivity contribution in [2.45, 2.75) is 38.4 Å². The Morgan fingerprint density at radius 3 is 2.77 bits per heavy atom. The fourth-order valence-corrected chi connectivity index (χ4v) is 4.98. The van der Waals surface area contributed by atoms with Gasteiger partial charge in [-0.2, -0.15) is 0 Å². The van der Waals surface area contributed by atoms with Crippen molar-refractivity contribution in [1.29, 1.82) is 0 Å². The summed E-state index contributed by atoms with van der Waals surface area (Å²) < 4.78 is 6.07. The predicted octanol–water partition coefficient (Wildman–Crippen LogP) is 2.37. The van der Waals surface area contributed by atoms with E-state index in [4.69, 9.17) is 9.73 Å². The number of guanidine groups is 1. The minimum absolute atomic E-state index is 0.522. The van der Waals surface area contributed by atoms with Crippen LogP contribution in [0.2, 0.25) is 0 Å². The average molecular weight is 319 g/mol. The van der Waals surface area contributed by atoms with E-state index in [-0.39, 0.29) is 0 Å². The molecule has 4 rings (SSSR count). The van der Waals surface area contributed by atoms with E-state index in [9.17, 15) is 0 Å². The Balaban J connectivity index is 1.39. The molecule has 4 unspecified atom stereocenters. The molecule has 2 bridgehead atoms. The molecular weight excluding hydrogens is 294 g/mol. The van der Waals surface area contributed by atoms with Crippen molar-refractivity contribution >= 4 is 17.3 Å². The van der Waals surface area contributed by atoms with Gasteiger partial charge >= 0.3 is 0 Å².